The fourth-order valence-corrected chi connectivity index (χ4v) is 4.87. The number of likely N-dealkylation sites (N-methyl/N-ethyl adjacent to an activating group) is 2. The van der Waals surface area contributed by atoms with Gasteiger partial charge in [-0.1, -0.05) is 27.7 Å². The maximum Gasteiger partial charge on any atom is 1.00 e. The number of carbonyl (C=O) groups is 2. The zero-order valence-electron chi connectivity index (χ0n) is 30.3. The van der Waals surface area contributed by atoms with Gasteiger partial charge in [-0.3, -0.25) is 9.59 Å². The third-order valence-electron chi connectivity index (χ3n) is 7.16. The number of nitrogens with zero attached hydrogens (tertiary/aromatic N) is 4. The first-order chi connectivity index (χ1) is 20.5. The molecule has 12 heteroatoms. The van der Waals surface area contributed by atoms with Gasteiger partial charge in [0.15, 0.2) is 0 Å². The van der Waals surface area contributed by atoms with E-state index in [0.717, 1.165) is 37.1 Å². The number of rotatable bonds is 15. The average Bonchev–Trinajstić information content (AvgIpc) is 2.91. The van der Waals surface area contributed by atoms with Gasteiger partial charge in [-0.2, -0.15) is 0 Å². The van der Waals surface area contributed by atoms with E-state index in [0.29, 0.717) is 36.5 Å². The molecule has 256 valence electrons. The van der Waals surface area contributed by atoms with E-state index in [4.69, 9.17) is 4.74 Å². The van der Waals surface area contributed by atoms with E-state index in [1.165, 1.54) is 4.57 Å². The molecule has 0 fully saturated rings. The number of esters is 1. The maximum atomic E-state index is 12.5. The zero-order valence-corrected chi connectivity index (χ0v) is 30.3. The Balaban J connectivity index is 0. The minimum absolute atomic E-state index is 0. The number of carbonyl (C=O) groups excluding carboxylic acids is 1. The van der Waals surface area contributed by atoms with Crippen LogP contribution in [0.15, 0.2) is 34.1 Å². The van der Waals surface area contributed by atoms with E-state index < -0.39 is 18.1 Å². The van der Waals surface area contributed by atoms with Crippen molar-refractivity contribution < 1.29 is 43.8 Å². The van der Waals surface area contributed by atoms with Gasteiger partial charge in [0, 0.05) is 36.6 Å². The predicted molar refractivity (Wildman–Crippen MR) is 179 cm³/mol. The summed E-state index contributed by atoms with van der Waals surface area (Å²) in [5.74, 6) is -0.770. The summed E-state index contributed by atoms with van der Waals surface area (Å²) in [6.07, 6.45) is 6.21. The number of aromatic nitrogens is 2. The second-order valence-corrected chi connectivity index (χ2v) is 13.0. The molecule has 46 heavy (non-hydrogen) atoms. The quantitative estimate of drug-likeness (QED) is 0.224. The molecule has 0 saturated carbocycles. The van der Waals surface area contributed by atoms with Crippen LogP contribution in [-0.2, 0) is 27.2 Å². The van der Waals surface area contributed by atoms with Crippen LogP contribution in [0.25, 0.3) is 0 Å². The van der Waals surface area contributed by atoms with Gasteiger partial charge in [-0.25, -0.2) is 9.59 Å². The molecule has 0 saturated heterocycles. The molecule has 2 unspecified atom stereocenters. The Bertz CT molecular complexity index is 1340. The third kappa shape index (κ3) is 15.3. The van der Waals surface area contributed by atoms with E-state index in [-0.39, 0.29) is 47.3 Å². The summed E-state index contributed by atoms with van der Waals surface area (Å²) in [6.45, 7) is 15.4. The molecule has 0 radical (unpaired) electrons. The van der Waals surface area contributed by atoms with Gasteiger partial charge in [0.05, 0.1) is 6.61 Å². The van der Waals surface area contributed by atoms with Crippen LogP contribution in [0, 0.1) is 25.7 Å². The van der Waals surface area contributed by atoms with Crippen molar-refractivity contribution in [2.45, 2.75) is 86.2 Å². The summed E-state index contributed by atoms with van der Waals surface area (Å²) in [6, 6.07) is 2.42. The molecule has 2 atom stereocenters. The number of hydrogen-bond donors (Lipinski definition) is 1. The summed E-state index contributed by atoms with van der Waals surface area (Å²) in [5, 5.41) is 9.43. The summed E-state index contributed by atoms with van der Waals surface area (Å²) in [4.78, 5) is 52.8. The molecule has 2 rings (SSSR count). The van der Waals surface area contributed by atoms with E-state index in [1.54, 1.807) is 31.5 Å². The molecule has 0 aliphatic heterocycles. The molecular weight excluding hydrogens is 583 g/mol. The van der Waals surface area contributed by atoms with Gasteiger partial charge in [0.25, 0.3) is 11.1 Å². The van der Waals surface area contributed by atoms with Crippen LogP contribution >= 0.6 is 0 Å². The fraction of sp³-hybridized carbons (Fsp3) is 0.647. The number of aryl methyl sites for hydroxylation is 2. The van der Waals surface area contributed by atoms with Crippen LogP contribution < -0.4 is 30.0 Å². The normalized spacial score (nSPS) is 12.2. The first kappa shape index (κ1) is 45.4. The van der Waals surface area contributed by atoms with Gasteiger partial charge in [0.1, 0.15) is 12.1 Å². The van der Waals surface area contributed by atoms with Crippen molar-refractivity contribution in [3.63, 3.8) is 0 Å². The largest absolute Gasteiger partial charge is 1.00 e. The molecule has 0 aliphatic rings. The number of aliphatic carboxylic acids is 1. The number of carboxylic acids is 1. The summed E-state index contributed by atoms with van der Waals surface area (Å²) in [5.41, 5.74) is 3.00. The second kappa shape index (κ2) is 22.0. The molecule has 2 N–H and O–H groups in total. The minimum atomic E-state index is -0.949. The summed E-state index contributed by atoms with van der Waals surface area (Å²) >= 11 is 0. The van der Waals surface area contributed by atoms with Gasteiger partial charge in [0.2, 0.25) is 0 Å². The van der Waals surface area contributed by atoms with Crippen molar-refractivity contribution in [2.75, 3.05) is 47.9 Å². The van der Waals surface area contributed by atoms with Gasteiger partial charge in [-0.05, 0) is 110 Å². The molecule has 2 aromatic heterocycles. The van der Waals surface area contributed by atoms with Crippen molar-refractivity contribution in [3.8, 4) is 0 Å². The Labute approximate surface area is 287 Å². The molecule has 0 spiro atoms. The van der Waals surface area contributed by atoms with E-state index in [1.807, 2.05) is 74.2 Å². The molecule has 0 aromatic carbocycles. The molecule has 0 amide bonds. The number of pyridine rings is 2. The van der Waals surface area contributed by atoms with Gasteiger partial charge >= 0.3 is 30.8 Å². The zero-order chi connectivity index (χ0) is 33.7. The van der Waals surface area contributed by atoms with E-state index in [9.17, 15) is 24.3 Å². The van der Waals surface area contributed by atoms with Crippen molar-refractivity contribution >= 4 is 11.9 Å². The van der Waals surface area contributed by atoms with Crippen LogP contribution in [0.1, 0.15) is 81.8 Å². The first-order valence-electron chi connectivity index (χ1n) is 15.6. The monoisotopic (exact) mass is 640 g/mol. The molecular formula is C34H57LiN4O7. The Hall–Kier alpha value is -2.68. The Morgan fingerprint density at radius 3 is 1.48 bits per heavy atom. The van der Waals surface area contributed by atoms with Gasteiger partial charge in [-0.15, -0.1) is 0 Å². The molecule has 0 aliphatic carbocycles. The SMILES string of the molecule is CCOC(=O)C(CC(C)C)n1cc(CCN(C)C)cc(C)c1=O.Cc1cc(CCN(C)C)cn(C(CC(C)C)C(=O)O)c1=O.[Li+].[OH-]. The minimum Gasteiger partial charge on any atom is -0.870 e. The Morgan fingerprint density at radius 1 is 0.783 bits per heavy atom. The van der Waals surface area contributed by atoms with E-state index >= 15 is 0 Å². The van der Waals surface area contributed by atoms with Crippen LogP contribution in [0.4, 0.5) is 0 Å². The Morgan fingerprint density at radius 2 is 1.15 bits per heavy atom. The van der Waals surface area contributed by atoms with E-state index in [2.05, 4.69) is 9.80 Å². The predicted octanol–water partition coefficient (Wildman–Crippen LogP) is 1.17. The molecule has 11 nitrogen and oxygen atoms in total. The van der Waals surface area contributed by atoms with Crippen molar-refractivity contribution in [2.24, 2.45) is 11.8 Å². The number of ether oxygens (including phenoxy) is 1. The summed E-state index contributed by atoms with van der Waals surface area (Å²) < 4.78 is 8.14. The first-order valence-corrected chi connectivity index (χ1v) is 15.6. The molecule has 2 heterocycles. The topological polar surface area (TPSA) is 144 Å². The van der Waals surface area contributed by atoms with Crippen molar-refractivity contribution in [3.05, 3.63) is 67.5 Å². The number of hydrogen-bond acceptors (Lipinski definition) is 8. The van der Waals surface area contributed by atoms with Crippen LogP contribution in [0.5, 0.6) is 0 Å². The van der Waals surface area contributed by atoms with Crippen LogP contribution in [0.3, 0.4) is 0 Å². The molecule has 0 bridgehead atoms. The standard InChI is InChI=1S/C18H30N2O3.C16H26N2O3.Li.H2O/c1-7-23-18(22)16(10-13(2)3)20-12-15(8-9-19(5)6)11-14(4)17(20)21;1-11(2)8-14(16(20)21)18-10-13(6-7-17(4)5)9-12(3)15(18)19;;/h11-13,16H,7-10H2,1-6H3;9-11,14H,6-8H2,1-5H3,(H,20,21);;1H2/q;;+1;/p-1. The van der Waals surface area contributed by atoms with Crippen LogP contribution in [-0.4, -0.2) is 89.3 Å². The number of carboxylic acid groups (broad SMARTS) is 1. The maximum absolute atomic E-state index is 12.5. The second-order valence-electron chi connectivity index (χ2n) is 13.0. The summed E-state index contributed by atoms with van der Waals surface area (Å²) in [7, 11) is 8.01. The molecule has 2 aromatic rings. The van der Waals surface area contributed by atoms with Crippen LogP contribution in [0.2, 0.25) is 0 Å². The third-order valence-corrected chi connectivity index (χ3v) is 7.16. The average molecular weight is 641 g/mol. The Kier molecular flexibility index (Phi) is 21.7. The van der Waals surface area contributed by atoms with Crippen molar-refractivity contribution in [1.82, 2.24) is 18.9 Å². The van der Waals surface area contributed by atoms with Gasteiger partial charge < -0.3 is 34.3 Å². The van der Waals surface area contributed by atoms with Crippen molar-refractivity contribution in [1.29, 1.82) is 0 Å². The fourth-order valence-electron chi connectivity index (χ4n) is 4.87. The smallest absolute Gasteiger partial charge is 0.870 e.